The van der Waals surface area contributed by atoms with Gasteiger partial charge < -0.3 is 18.9 Å². The summed E-state index contributed by atoms with van der Waals surface area (Å²) in [5.74, 6) is -0.826. The van der Waals surface area contributed by atoms with E-state index in [1.165, 1.54) is 19.1 Å². The molecule has 1 aliphatic rings. The van der Waals surface area contributed by atoms with Gasteiger partial charge in [-0.1, -0.05) is 18.2 Å². The molecule has 184 valence electrons. The fraction of sp³-hybridized carbons (Fsp3) is 0.370. The van der Waals surface area contributed by atoms with Crippen LogP contribution in [0.1, 0.15) is 55.7 Å². The van der Waals surface area contributed by atoms with Gasteiger partial charge in [0.1, 0.15) is 17.7 Å². The Hall–Kier alpha value is -3.68. The normalized spacial score (nSPS) is 17.7. The maximum atomic E-state index is 13.7. The number of esters is 1. The second-order valence-corrected chi connectivity index (χ2v) is 8.89. The van der Waals surface area contributed by atoms with Crippen molar-refractivity contribution in [3.8, 4) is 11.4 Å². The molecule has 7 nitrogen and oxygen atoms in total. The summed E-state index contributed by atoms with van der Waals surface area (Å²) in [6.07, 6.45) is 4.20. The monoisotopic (exact) mass is 479 g/mol. The van der Waals surface area contributed by atoms with E-state index in [2.05, 4.69) is 4.98 Å². The number of amides is 1. The van der Waals surface area contributed by atoms with Crippen molar-refractivity contribution >= 4 is 11.9 Å². The summed E-state index contributed by atoms with van der Waals surface area (Å²) in [5, 5.41) is 0. The molecule has 35 heavy (non-hydrogen) atoms. The number of ether oxygens (including phenoxy) is 2. The summed E-state index contributed by atoms with van der Waals surface area (Å²) in [5.41, 5.74) is 3.20. The molecule has 2 unspecified atom stereocenters. The number of methoxy groups -OCH3 is 1. The van der Waals surface area contributed by atoms with Crippen molar-refractivity contribution in [2.45, 2.75) is 45.8 Å². The molecule has 1 aromatic heterocycles. The average molecular weight is 480 g/mol. The van der Waals surface area contributed by atoms with Gasteiger partial charge in [0.05, 0.1) is 36.8 Å². The average Bonchev–Trinajstić information content (AvgIpc) is 3.28. The molecule has 0 bridgehead atoms. The lowest BCUT2D eigenvalue weighted by atomic mass is 9.86. The first kappa shape index (κ1) is 24.4. The highest BCUT2D eigenvalue weighted by Crippen LogP contribution is 2.39. The highest BCUT2D eigenvalue weighted by molar-refractivity contribution is 5.81. The van der Waals surface area contributed by atoms with E-state index in [1.54, 1.807) is 30.5 Å². The number of carbonyl (C=O) groups is 2. The molecule has 2 aromatic carbocycles. The third kappa shape index (κ3) is 5.21. The third-order valence-corrected chi connectivity index (χ3v) is 6.51. The number of piperidine rings is 1. The number of nitrogens with zero attached hydrogens (tertiary/aromatic N) is 3. The molecular weight excluding hydrogens is 449 g/mol. The van der Waals surface area contributed by atoms with Crippen LogP contribution in [0.25, 0.3) is 5.69 Å². The minimum atomic E-state index is -0.754. The van der Waals surface area contributed by atoms with Crippen molar-refractivity contribution in [3.63, 3.8) is 0 Å². The Labute approximate surface area is 204 Å². The Morgan fingerprint density at radius 2 is 1.89 bits per heavy atom. The van der Waals surface area contributed by atoms with Gasteiger partial charge in [0.15, 0.2) is 0 Å². The highest BCUT2D eigenvalue weighted by atomic mass is 19.1. The standard InChI is InChI=1S/C27H30FN3O4/c1-17-15-30(16-29-17)24-12-9-21(14-25(24)34-4)26(35-19(3)32)23-6-5-13-31(27(23)33)18(2)20-7-10-22(28)11-8-20/h7-12,14-16,18,23,26H,5-6,13H2,1-4H3/t18-,23?,26?/m0/s1. The predicted molar refractivity (Wildman–Crippen MR) is 129 cm³/mol. The molecule has 0 spiro atoms. The van der Waals surface area contributed by atoms with Crippen LogP contribution in [0.5, 0.6) is 5.75 Å². The fourth-order valence-electron chi connectivity index (χ4n) is 4.71. The van der Waals surface area contributed by atoms with Crippen molar-refractivity contribution in [3.05, 3.63) is 77.6 Å². The molecule has 3 aromatic rings. The molecule has 0 aliphatic carbocycles. The number of hydrogen-bond donors (Lipinski definition) is 0. The zero-order chi connectivity index (χ0) is 25.1. The highest BCUT2D eigenvalue weighted by Gasteiger charge is 2.39. The zero-order valence-electron chi connectivity index (χ0n) is 20.4. The van der Waals surface area contributed by atoms with E-state index in [0.717, 1.165) is 23.4 Å². The number of carbonyl (C=O) groups excluding carboxylic acids is 2. The lowest BCUT2D eigenvalue weighted by Crippen LogP contribution is -2.45. The number of benzene rings is 2. The fourth-order valence-corrected chi connectivity index (χ4v) is 4.71. The molecule has 0 radical (unpaired) electrons. The van der Waals surface area contributed by atoms with E-state index in [9.17, 15) is 14.0 Å². The van der Waals surface area contributed by atoms with E-state index in [1.807, 2.05) is 42.8 Å². The van der Waals surface area contributed by atoms with E-state index >= 15 is 0 Å². The lowest BCUT2D eigenvalue weighted by Gasteiger charge is -2.39. The van der Waals surface area contributed by atoms with Crippen LogP contribution < -0.4 is 4.74 Å². The molecule has 8 heteroatoms. The Balaban J connectivity index is 1.65. The zero-order valence-corrected chi connectivity index (χ0v) is 20.4. The van der Waals surface area contributed by atoms with E-state index in [-0.39, 0.29) is 17.8 Å². The van der Waals surface area contributed by atoms with Crippen LogP contribution in [0.15, 0.2) is 55.0 Å². The summed E-state index contributed by atoms with van der Waals surface area (Å²) in [6, 6.07) is 11.5. The van der Waals surface area contributed by atoms with Crippen molar-refractivity contribution in [1.29, 1.82) is 0 Å². The Morgan fingerprint density at radius 3 is 2.51 bits per heavy atom. The maximum absolute atomic E-state index is 13.7. The number of imidazole rings is 1. The molecule has 0 saturated carbocycles. The molecule has 1 aliphatic heterocycles. The minimum Gasteiger partial charge on any atom is -0.495 e. The number of halogens is 1. The summed E-state index contributed by atoms with van der Waals surface area (Å²) < 4.78 is 26.6. The van der Waals surface area contributed by atoms with E-state index in [4.69, 9.17) is 9.47 Å². The van der Waals surface area contributed by atoms with Gasteiger partial charge in [0.25, 0.3) is 0 Å². The smallest absolute Gasteiger partial charge is 0.303 e. The van der Waals surface area contributed by atoms with Crippen LogP contribution in [0.4, 0.5) is 4.39 Å². The molecule has 1 fully saturated rings. The Morgan fingerprint density at radius 1 is 1.17 bits per heavy atom. The summed E-state index contributed by atoms with van der Waals surface area (Å²) in [6.45, 7) is 5.77. The number of aromatic nitrogens is 2. The van der Waals surface area contributed by atoms with Gasteiger partial charge >= 0.3 is 5.97 Å². The summed E-state index contributed by atoms with van der Waals surface area (Å²) in [7, 11) is 1.57. The van der Waals surface area contributed by atoms with Gasteiger partial charge in [-0.3, -0.25) is 9.59 Å². The molecule has 1 saturated heterocycles. The second kappa shape index (κ2) is 10.3. The Kier molecular flexibility index (Phi) is 7.19. The largest absolute Gasteiger partial charge is 0.495 e. The number of rotatable bonds is 7. The molecule has 4 rings (SSSR count). The maximum Gasteiger partial charge on any atom is 0.303 e. The third-order valence-electron chi connectivity index (χ3n) is 6.51. The molecular formula is C27H30FN3O4. The molecule has 2 heterocycles. The quantitative estimate of drug-likeness (QED) is 0.449. The van der Waals surface area contributed by atoms with Crippen molar-refractivity contribution in [1.82, 2.24) is 14.5 Å². The van der Waals surface area contributed by atoms with Gasteiger partial charge in [0, 0.05) is 19.7 Å². The van der Waals surface area contributed by atoms with Crippen LogP contribution in [0.3, 0.4) is 0 Å². The molecule has 3 atom stereocenters. The van der Waals surface area contributed by atoms with Crippen LogP contribution in [-0.4, -0.2) is 40.0 Å². The van der Waals surface area contributed by atoms with E-state index in [0.29, 0.717) is 24.3 Å². The second-order valence-electron chi connectivity index (χ2n) is 8.89. The van der Waals surface area contributed by atoms with E-state index < -0.39 is 18.0 Å². The van der Waals surface area contributed by atoms with Gasteiger partial charge in [-0.15, -0.1) is 0 Å². The molecule has 0 N–H and O–H groups in total. The van der Waals surface area contributed by atoms with Crippen LogP contribution in [-0.2, 0) is 14.3 Å². The van der Waals surface area contributed by atoms with Gasteiger partial charge in [-0.25, -0.2) is 9.37 Å². The first-order valence-corrected chi connectivity index (χ1v) is 11.7. The van der Waals surface area contributed by atoms with Crippen LogP contribution in [0, 0.1) is 18.7 Å². The van der Waals surface area contributed by atoms with Gasteiger partial charge in [0.2, 0.25) is 5.91 Å². The molecule has 1 amide bonds. The van der Waals surface area contributed by atoms with Crippen molar-refractivity contribution in [2.24, 2.45) is 5.92 Å². The Bertz CT molecular complexity index is 1210. The van der Waals surface area contributed by atoms with Crippen LogP contribution >= 0.6 is 0 Å². The summed E-state index contributed by atoms with van der Waals surface area (Å²) >= 11 is 0. The van der Waals surface area contributed by atoms with Crippen molar-refractivity contribution in [2.75, 3.05) is 13.7 Å². The van der Waals surface area contributed by atoms with Gasteiger partial charge in [-0.2, -0.15) is 0 Å². The number of aryl methyl sites for hydroxylation is 1. The number of likely N-dealkylation sites (tertiary alicyclic amines) is 1. The predicted octanol–water partition coefficient (Wildman–Crippen LogP) is 4.93. The topological polar surface area (TPSA) is 73.7 Å². The number of hydrogen-bond acceptors (Lipinski definition) is 5. The van der Waals surface area contributed by atoms with Crippen LogP contribution in [0.2, 0.25) is 0 Å². The SMILES string of the molecule is COc1cc(C(OC(C)=O)C2CCCN([C@@H](C)c3ccc(F)cc3)C2=O)ccc1-n1cnc(C)c1. The first-order chi connectivity index (χ1) is 16.8. The van der Waals surface area contributed by atoms with Crippen molar-refractivity contribution < 1.29 is 23.5 Å². The van der Waals surface area contributed by atoms with Gasteiger partial charge in [-0.05, 0) is 62.1 Å². The summed E-state index contributed by atoms with van der Waals surface area (Å²) in [4.78, 5) is 31.8. The first-order valence-electron chi connectivity index (χ1n) is 11.7. The minimum absolute atomic E-state index is 0.0902. The lowest BCUT2D eigenvalue weighted by molar-refractivity contribution is -0.158.